The van der Waals surface area contributed by atoms with Crippen LogP contribution < -0.4 is 5.32 Å². The van der Waals surface area contributed by atoms with Crippen LogP contribution in [0, 0.1) is 0 Å². The normalized spacial score (nSPS) is 10.7. The smallest absolute Gasteiger partial charge is 0.230 e. The summed E-state index contributed by atoms with van der Waals surface area (Å²) in [5.74, 6) is 0.374. The molecule has 112 valence electrons. The Kier molecular flexibility index (Phi) is 6.22. The van der Waals surface area contributed by atoms with Gasteiger partial charge in [-0.25, -0.2) is 4.98 Å². The average Bonchev–Trinajstić information content (AvgIpc) is 2.87. The van der Waals surface area contributed by atoms with E-state index in [-0.39, 0.29) is 5.91 Å². The minimum Gasteiger partial charge on any atom is -0.375 e. The van der Waals surface area contributed by atoms with Gasteiger partial charge in [0.2, 0.25) is 5.91 Å². The van der Waals surface area contributed by atoms with E-state index >= 15 is 0 Å². The van der Waals surface area contributed by atoms with Gasteiger partial charge in [-0.3, -0.25) is 4.79 Å². The number of thioether (sulfide) groups is 1. The Hall–Kier alpha value is -1.37. The third-order valence-corrected chi connectivity index (χ3v) is 4.70. The Bertz CT molecular complexity index is 592. The van der Waals surface area contributed by atoms with E-state index in [2.05, 4.69) is 16.9 Å². The maximum Gasteiger partial charge on any atom is 0.230 e. The summed E-state index contributed by atoms with van der Waals surface area (Å²) in [5, 5.41) is 2.82. The van der Waals surface area contributed by atoms with Gasteiger partial charge >= 0.3 is 0 Å². The Morgan fingerprint density at radius 3 is 3.05 bits per heavy atom. The fraction of sp³-hybridized carbons (Fsp3) is 0.333. The molecule has 0 radical (unpaired) electrons. The Labute approximate surface area is 132 Å². The van der Waals surface area contributed by atoms with Crippen molar-refractivity contribution in [3.8, 4) is 0 Å². The molecule has 4 nitrogen and oxygen atoms in total. The van der Waals surface area contributed by atoms with Crippen LogP contribution in [0.25, 0.3) is 10.2 Å². The maximum atomic E-state index is 11.7. The van der Waals surface area contributed by atoms with Gasteiger partial charge in [0.1, 0.15) is 0 Å². The quantitative estimate of drug-likeness (QED) is 0.461. The van der Waals surface area contributed by atoms with E-state index in [4.69, 9.17) is 4.74 Å². The van der Waals surface area contributed by atoms with Crippen LogP contribution >= 0.6 is 23.1 Å². The second-order valence-corrected chi connectivity index (χ2v) is 6.85. The zero-order chi connectivity index (χ0) is 15.1. The highest BCUT2D eigenvalue weighted by Gasteiger charge is 2.07. The standard InChI is InChI=1S/C15H18N2O2S2/c1-11(2)9-19-8-7-16-14(18)10-20-15-17-12-5-3-4-6-13(12)21-15/h3-6H,1,7-10H2,2H3,(H,16,18). The molecule has 1 aromatic heterocycles. The summed E-state index contributed by atoms with van der Waals surface area (Å²) in [6.45, 7) is 7.22. The van der Waals surface area contributed by atoms with Gasteiger partial charge in [-0.05, 0) is 19.1 Å². The molecule has 0 aliphatic heterocycles. The number of hydrogen-bond acceptors (Lipinski definition) is 5. The highest BCUT2D eigenvalue weighted by atomic mass is 32.2. The minimum atomic E-state index is -0.00168. The van der Waals surface area contributed by atoms with Crippen LogP contribution in [0.4, 0.5) is 0 Å². The molecule has 0 saturated carbocycles. The molecule has 1 aromatic carbocycles. The van der Waals surface area contributed by atoms with E-state index < -0.39 is 0 Å². The van der Waals surface area contributed by atoms with Crippen molar-refractivity contribution in [1.29, 1.82) is 0 Å². The van der Waals surface area contributed by atoms with Crippen molar-refractivity contribution >= 4 is 39.2 Å². The van der Waals surface area contributed by atoms with E-state index in [0.717, 1.165) is 20.1 Å². The molecule has 0 saturated heterocycles. The van der Waals surface area contributed by atoms with Gasteiger partial charge in [0.05, 0.1) is 29.2 Å². The van der Waals surface area contributed by atoms with Crippen LogP contribution in [0.1, 0.15) is 6.92 Å². The monoisotopic (exact) mass is 322 g/mol. The van der Waals surface area contributed by atoms with Crippen molar-refractivity contribution in [1.82, 2.24) is 10.3 Å². The summed E-state index contributed by atoms with van der Waals surface area (Å²) < 4.78 is 7.38. The molecule has 0 fully saturated rings. The molecule has 1 heterocycles. The third kappa shape index (κ3) is 5.49. The Morgan fingerprint density at radius 1 is 1.48 bits per heavy atom. The number of thiazole rings is 1. The molecule has 21 heavy (non-hydrogen) atoms. The molecule has 1 amide bonds. The number of hydrogen-bond donors (Lipinski definition) is 1. The van der Waals surface area contributed by atoms with Crippen molar-refractivity contribution in [2.45, 2.75) is 11.3 Å². The minimum absolute atomic E-state index is 0.00168. The van der Waals surface area contributed by atoms with Crippen molar-refractivity contribution < 1.29 is 9.53 Å². The zero-order valence-corrected chi connectivity index (χ0v) is 13.6. The van der Waals surface area contributed by atoms with Gasteiger partial charge < -0.3 is 10.1 Å². The highest BCUT2D eigenvalue weighted by Crippen LogP contribution is 2.28. The number of benzene rings is 1. The number of amides is 1. The second kappa shape index (κ2) is 8.17. The number of carbonyl (C=O) groups is 1. The van der Waals surface area contributed by atoms with E-state index in [0.29, 0.717) is 25.5 Å². The van der Waals surface area contributed by atoms with Crippen molar-refractivity contribution in [3.63, 3.8) is 0 Å². The van der Waals surface area contributed by atoms with Crippen molar-refractivity contribution in [2.75, 3.05) is 25.5 Å². The molecule has 0 unspecified atom stereocenters. The van der Waals surface area contributed by atoms with Gasteiger partial charge in [0.25, 0.3) is 0 Å². The molecule has 1 N–H and O–H groups in total. The van der Waals surface area contributed by atoms with E-state index in [1.165, 1.54) is 11.8 Å². The fourth-order valence-corrected chi connectivity index (χ4v) is 3.50. The van der Waals surface area contributed by atoms with Gasteiger partial charge in [-0.15, -0.1) is 11.3 Å². The van der Waals surface area contributed by atoms with Crippen LogP contribution in [0.5, 0.6) is 0 Å². The Balaban J connectivity index is 1.67. The topological polar surface area (TPSA) is 51.2 Å². The lowest BCUT2D eigenvalue weighted by atomic mass is 10.3. The molecule has 2 aromatic rings. The van der Waals surface area contributed by atoms with Crippen molar-refractivity contribution in [2.24, 2.45) is 0 Å². The molecule has 0 atom stereocenters. The van der Waals surface area contributed by atoms with Crippen LogP contribution in [-0.2, 0) is 9.53 Å². The maximum absolute atomic E-state index is 11.7. The summed E-state index contributed by atoms with van der Waals surface area (Å²) in [6.07, 6.45) is 0. The number of aromatic nitrogens is 1. The third-order valence-electron chi connectivity index (χ3n) is 2.52. The predicted molar refractivity (Wildman–Crippen MR) is 89.0 cm³/mol. The molecule has 0 spiro atoms. The average molecular weight is 322 g/mol. The van der Waals surface area contributed by atoms with Gasteiger partial charge in [-0.1, -0.05) is 36.0 Å². The van der Waals surface area contributed by atoms with E-state index in [9.17, 15) is 4.79 Å². The lowest BCUT2D eigenvalue weighted by Crippen LogP contribution is -2.28. The largest absolute Gasteiger partial charge is 0.375 e. The molecule has 0 aliphatic rings. The number of rotatable bonds is 8. The first-order valence-corrected chi connectivity index (χ1v) is 8.42. The molecule has 0 bridgehead atoms. The lowest BCUT2D eigenvalue weighted by molar-refractivity contribution is -0.118. The summed E-state index contributed by atoms with van der Waals surface area (Å²) in [7, 11) is 0. The molecular formula is C15H18N2O2S2. The van der Waals surface area contributed by atoms with Gasteiger partial charge in [0.15, 0.2) is 4.34 Å². The number of nitrogens with zero attached hydrogens (tertiary/aromatic N) is 1. The zero-order valence-electron chi connectivity index (χ0n) is 11.9. The van der Waals surface area contributed by atoms with E-state index in [1.807, 2.05) is 31.2 Å². The van der Waals surface area contributed by atoms with Gasteiger partial charge in [-0.2, -0.15) is 0 Å². The number of carbonyl (C=O) groups excluding carboxylic acids is 1. The molecular weight excluding hydrogens is 304 g/mol. The number of fused-ring (bicyclic) bond motifs is 1. The first-order chi connectivity index (χ1) is 10.1. The van der Waals surface area contributed by atoms with Crippen molar-refractivity contribution in [3.05, 3.63) is 36.4 Å². The summed E-state index contributed by atoms with van der Waals surface area (Å²) in [5.41, 5.74) is 1.96. The lowest BCUT2D eigenvalue weighted by Gasteiger charge is -2.05. The molecule has 0 aliphatic carbocycles. The first kappa shape index (κ1) is 16.0. The van der Waals surface area contributed by atoms with Crippen LogP contribution in [0.3, 0.4) is 0 Å². The molecule has 2 rings (SSSR count). The Morgan fingerprint density at radius 2 is 2.29 bits per heavy atom. The highest BCUT2D eigenvalue weighted by molar-refractivity contribution is 8.01. The van der Waals surface area contributed by atoms with Crippen LogP contribution in [-0.4, -0.2) is 36.4 Å². The summed E-state index contributed by atoms with van der Waals surface area (Å²) >= 11 is 3.08. The van der Waals surface area contributed by atoms with Crippen LogP contribution in [0.15, 0.2) is 40.8 Å². The number of para-hydroxylation sites is 1. The molecule has 6 heteroatoms. The second-order valence-electron chi connectivity index (χ2n) is 4.60. The van der Waals surface area contributed by atoms with Gasteiger partial charge in [0, 0.05) is 6.54 Å². The van der Waals surface area contributed by atoms with E-state index in [1.54, 1.807) is 11.3 Å². The fourth-order valence-electron chi connectivity index (χ4n) is 1.60. The predicted octanol–water partition coefficient (Wildman–Crippen LogP) is 3.10. The SMILES string of the molecule is C=C(C)COCCNC(=O)CSc1nc2ccccc2s1. The number of ether oxygens (including phenoxy) is 1. The van der Waals surface area contributed by atoms with Crippen LogP contribution in [0.2, 0.25) is 0 Å². The summed E-state index contributed by atoms with van der Waals surface area (Å²) in [6, 6.07) is 7.98. The summed E-state index contributed by atoms with van der Waals surface area (Å²) in [4.78, 5) is 16.2. The first-order valence-electron chi connectivity index (χ1n) is 6.62. The number of nitrogens with one attached hydrogen (secondary N) is 1.